The molecule has 4 nitrogen and oxygen atoms in total. The van der Waals surface area contributed by atoms with Gasteiger partial charge in [-0.15, -0.1) is 0 Å². The lowest BCUT2D eigenvalue weighted by molar-refractivity contribution is 0.356. The molecule has 4 heteroatoms. The van der Waals surface area contributed by atoms with Crippen LogP contribution in [0.4, 0.5) is 0 Å². The summed E-state index contributed by atoms with van der Waals surface area (Å²) in [7, 11) is 1.67. The van der Waals surface area contributed by atoms with Gasteiger partial charge in [-0.05, 0) is 12.8 Å². The summed E-state index contributed by atoms with van der Waals surface area (Å²) in [6.07, 6.45) is 3.91. The van der Waals surface area contributed by atoms with Gasteiger partial charge >= 0.3 is 0 Å². The van der Waals surface area contributed by atoms with Gasteiger partial charge < -0.3 is 10.5 Å². The third-order valence-electron chi connectivity index (χ3n) is 3.24. The lowest BCUT2D eigenvalue weighted by Crippen LogP contribution is -2.24. The van der Waals surface area contributed by atoms with Crippen molar-refractivity contribution in [3.63, 3.8) is 0 Å². The molecule has 0 aliphatic heterocycles. The number of nitrogens with two attached hydrogens (primary N) is 1. The van der Waals surface area contributed by atoms with Crippen LogP contribution in [0.25, 0.3) is 0 Å². The van der Waals surface area contributed by atoms with Crippen LogP contribution in [0.15, 0.2) is 6.20 Å². The Morgan fingerprint density at radius 3 is 2.44 bits per heavy atom. The summed E-state index contributed by atoms with van der Waals surface area (Å²) in [5, 5.41) is 4.29. The van der Waals surface area contributed by atoms with Gasteiger partial charge in [-0.3, -0.25) is 4.68 Å². The number of aromatic nitrogens is 2. The molecule has 0 aromatic carbocycles. The first-order valence-electron chi connectivity index (χ1n) is 6.04. The molecule has 16 heavy (non-hydrogen) atoms. The number of nitrogens with zero attached hydrogens (tertiary/aromatic N) is 2. The zero-order valence-electron chi connectivity index (χ0n) is 10.7. The van der Waals surface area contributed by atoms with Crippen molar-refractivity contribution in [2.24, 2.45) is 11.7 Å². The van der Waals surface area contributed by atoms with Crippen LogP contribution in [0.5, 0.6) is 5.75 Å². The normalized spacial score (nSPS) is 13.1. The van der Waals surface area contributed by atoms with Gasteiger partial charge in [-0.1, -0.05) is 26.7 Å². The maximum atomic E-state index is 6.32. The minimum atomic E-state index is 0.00685. The molecular formula is C12H23N3O. The largest absolute Gasteiger partial charge is 0.493 e. The summed E-state index contributed by atoms with van der Waals surface area (Å²) >= 11 is 0. The topological polar surface area (TPSA) is 53.1 Å². The van der Waals surface area contributed by atoms with E-state index in [0.717, 1.165) is 30.8 Å². The number of methoxy groups -OCH3 is 1. The number of aryl methyl sites for hydroxylation is 1. The molecule has 0 amide bonds. The summed E-state index contributed by atoms with van der Waals surface area (Å²) in [5.41, 5.74) is 7.34. The van der Waals surface area contributed by atoms with Crippen LogP contribution < -0.4 is 10.5 Å². The lowest BCUT2D eigenvalue weighted by Gasteiger charge is -2.22. The van der Waals surface area contributed by atoms with E-state index in [-0.39, 0.29) is 6.04 Å². The number of hydrogen-bond donors (Lipinski definition) is 1. The van der Waals surface area contributed by atoms with Crippen LogP contribution >= 0.6 is 0 Å². The second kappa shape index (κ2) is 5.89. The molecule has 0 saturated carbocycles. The van der Waals surface area contributed by atoms with Crippen LogP contribution in [0.2, 0.25) is 0 Å². The van der Waals surface area contributed by atoms with Crippen molar-refractivity contribution in [1.29, 1.82) is 0 Å². The van der Waals surface area contributed by atoms with E-state index in [4.69, 9.17) is 10.5 Å². The van der Waals surface area contributed by atoms with E-state index in [1.54, 1.807) is 13.3 Å². The highest BCUT2D eigenvalue weighted by Gasteiger charge is 2.23. The van der Waals surface area contributed by atoms with Crippen molar-refractivity contribution in [2.75, 3.05) is 7.11 Å². The van der Waals surface area contributed by atoms with Gasteiger partial charge in [0.15, 0.2) is 5.75 Å². The maximum Gasteiger partial charge on any atom is 0.161 e. The average molecular weight is 225 g/mol. The fraction of sp³-hybridized carbons (Fsp3) is 0.750. The molecule has 2 N–H and O–H groups in total. The van der Waals surface area contributed by atoms with E-state index in [0.29, 0.717) is 5.92 Å². The highest BCUT2D eigenvalue weighted by atomic mass is 16.5. The monoisotopic (exact) mass is 225 g/mol. The molecule has 1 aromatic rings. The Morgan fingerprint density at radius 1 is 1.38 bits per heavy atom. The number of ether oxygens (including phenoxy) is 1. The smallest absolute Gasteiger partial charge is 0.161 e. The fourth-order valence-electron chi connectivity index (χ4n) is 2.14. The van der Waals surface area contributed by atoms with Crippen LogP contribution in [-0.4, -0.2) is 16.9 Å². The van der Waals surface area contributed by atoms with Crippen LogP contribution in [0.3, 0.4) is 0 Å². The first-order chi connectivity index (χ1) is 7.69. The highest BCUT2D eigenvalue weighted by molar-refractivity contribution is 5.28. The summed E-state index contributed by atoms with van der Waals surface area (Å²) in [6.45, 7) is 7.24. The van der Waals surface area contributed by atoms with Gasteiger partial charge in [0.1, 0.15) is 0 Å². The van der Waals surface area contributed by atoms with E-state index in [1.807, 2.05) is 4.68 Å². The molecule has 0 fully saturated rings. The molecule has 1 unspecified atom stereocenters. The van der Waals surface area contributed by atoms with E-state index < -0.39 is 0 Å². The Kier molecular flexibility index (Phi) is 4.80. The minimum Gasteiger partial charge on any atom is -0.493 e. The van der Waals surface area contributed by atoms with Crippen molar-refractivity contribution in [3.8, 4) is 5.75 Å². The highest BCUT2D eigenvalue weighted by Crippen LogP contribution is 2.31. The Bertz CT molecular complexity index is 297. The summed E-state index contributed by atoms with van der Waals surface area (Å²) in [5.74, 6) is 1.29. The molecule has 0 radical (unpaired) electrons. The fourth-order valence-corrected chi connectivity index (χ4v) is 2.14. The molecule has 0 saturated heterocycles. The molecule has 1 rings (SSSR count). The van der Waals surface area contributed by atoms with Crippen molar-refractivity contribution in [3.05, 3.63) is 11.9 Å². The standard InChI is InChI=1S/C12H23N3O/c1-5-9(6-2)11(13)12-10(16-4)8-14-15(12)7-3/h8-9,11H,5-7,13H2,1-4H3. The summed E-state index contributed by atoms with van der Waals surface area (Å²) < 4.78 is 7.26. The molecule has 0 aliphatic carbocycles. The second-order valence-electron chi connectivity index (χ2n) is 4.02. The molecule has 0 spiro atoms. The van der Waals surface area contributed by atoms with Gasteiger partial charge in [-0.25, -0.2) is 0 Å². The van der Waals surface area contributed by atoms with Crippen molar-refractivity contribution >= 4 is 0 Å². The SMILES string of the molecule is CCC(CC)C(N)c1c(OC)cnn1CC. The van der Waals surface area contributed by atoms with Crippen LogP contribution in [0, 0.1) is 5.92 Å². The average Bonchev–Trinajstić information content (AvgIpc) is 2.72. The van der Waals surface area contributed by atoms with Crippen molar-refractivity contribution in [2.45, 2.75) is 46.2 Å². The molecular weight excluding hydrogens is 202 g/mol. The van der Waals surface area contributed by atoms with Gasteiger partial charge in [0.05, 0.1) is 25.0 Å². The predicted molar refractivity (Wildman–Crippen MR) is 65.5 cm³/mol. The van der Waals surface area contributed by atoms with E-state index in [2.05, 4.69) is 25.9 Å². The molecule has 0 bridgehead atoms. The number of rotatable bonds is 6. The molecule has 1 atom stereocenters. The van der Waals surface area contributed by atoms with Crippen molar-refractivity contribution < 1.29 is 4.74 Å². The maximum absolute atomic E-state index is 6.32. The Balaban J connectivity index is 3.03. The first-order valence-corrected chi connectivity index (χ1v) is 6.04. The molecule has 1 heterocycles. The van der Waals surface area contributed by atoms with E-state index >= 15 is 0 Å². The second-order valence-corrected chi connectivity index (χ2v) is 4.02. The molecule has 0 aliphatic rings. The van der Waals surface area contributed by atoms with E-state index in [1.165, 1.54) is 0 Å². The zero-order chi connectivity index (χ0) is 12.1. The third kappa shape index (κ3) is 2.38. The Morgan fingerprint density at radius 2 is 2.00 bits per heavy atom. The third-order valence-corrected chi connectivity index (χ3v) is 3.24. The van der Waals surface area contributed by atoms with E-state index in [9.17, 15) is 0 Å². The number of hydrogen-bond acceptors (Lipinski definition) is 3. The lowest BCUT2D eigenvalue weighted by atomic mass is 9.92. The summed E-state index contributed by atoms with van der Waals surface area (Å²) in [4.78, 5) is 0. The van der Waals surface area contributed by atoms with Crippen molar-refractivity contribution in [1.82, 2.24) is 9.78 Å². The van der Waals surface area contributed by atoms with Gasteiger partial charge in [0.2, 0.25) is 0 Å². The molecule has 92 valence electrons. The molecule has 1 aromatic heterocycles. The minimum absolute atomic E-state index is 0.00685. The van der Waals surface area contributed by atoms with Gasteiger partial charge in [-0.2, -0.15) is 5.10 Å². The quantitative estimate of drug-likeness (QED) is 0.808. The zero-order valence-corrected chi connectivity index (χ0v) is 10.7. The Labute approximate surface area is 97.8 Å². The summed E-state index contributed by atoms with van der Waals surface area (Å²) in [6, 6.07) is 0.00685. The van der Waals surface area contributed by atoms with Crippen LogP contribution in [-0.2, 0) is 6.54 Å². The van der Waals surface area contributed by atoms with Gasteiger partial charge in [0.25, 0.3) is 0 Å². The predicted octanol–water partition coefficient (Wildman–Crippen LogP) is 2.35. The Hall–Kier alpha value is -1.03. The van der Waals surface area contributed by atoms with Gasteiger partial charge in [0, 0.05) is 6.54 Å². The van der Waals surface area contributed by atoms with Crippen LogP contribution in [0.1, 0.15) is 45.3 Å². The first kappa shape index (κ1) is 13.0.